The Labute approximate surface area is 93.5 Å². The first-order valence-corrected chi connectivity index (χ1v) is 4.64. The van der Waals surface area contributed by atoms with Gasteiger partial charge in [-0.1, -0.05) is 0 Å². The van der Waals surface area contributed by atoms with Crippen molar-refractivity contribution in [2.75, 3.05) is 14.2 Å². The van der Waals surface area contributed by atoms with Gasteiger partial charge in [0, 0.05) is 11.6 Å². The van der Waals surface area contributed by atoms with Crippen molar-refractivity contribution < 1.29 is 23.9 Å². The molecule has 1 aromatic heterocycles. The second-order valence-electron chi connectivity index (χ2n) is 3.14. The van der Waals surface area contributed by atoms with Crippen LogP contribution in [-0.4, -0.2) is 25.3 Å². The highest BCUT2D eigenvalue weighted by molar-refractivity contribution is 6.06. The number of aliphatic hydroxyl groups is 1. The van der Waals surface area contributed by atoms with Crippen molar-refractivity contribution in [3.63, 3.8) is 0 Å². The zero-order valence-electron chi connectivity index (χ0n) is 9.43. The molecule has 0 atom stereocenters. The smallest absolute Gasteiger partial charge is 0.411 e. The van der Waals surface area contributed by atoms with Gasteiger partial charge in [0.1, 0.15) is 0 Å². The highest BCUT2D eigenvalue weighted by Crippen LogP contribution is 2.05. The van der Waals surface area contributed by atoms with Crippen molar-refractivity contribution >= 4 is 11.7 Å². The molecule has 1 N–H and O–H groups in total. The van der Waals surface area contributed by atoms with Crippen LogP contribution in [0.25, 0.3) is 5.70 Å². The standard InChI is InChI=1S/C11H13NO4/c1-8-5-4-6-12(7-8)9(10(13)15-2)11(14)16-3/h4-7H,1-3H3/p+1. The van der Waals surface area contributed by atoms with Crippen molar-refractivity contribution in [1.29, 1.82) is 0 Å². The molecule has 0 fully saturated rings. The van der Waals surface area contributed by atoms with Crippen LogP contribution in [0, 0.1) is 6.92 Å². The first-order chi connectivity index (χ1) is 7.60. The van der Waals surface area contributed by atoms with E-state index in [0.717, 1.165) is 5.56 Å². The summed E-state index contributed by atoms with van der Waals surface area (Å²) in [4.78, 5) is 11.5. The first kappa shape index (κ1) is 12.0. The maximum atomic E-state index is 11.5. The van der Waals surface area contributed by atoms with E-state index in [9.17, 15) is 9.90 Å². The van der Waals surface area contributed by atoms with Gasteiger partial charge in [-0.3, -0.25) is 0 Å². The molecule has 0 aliphatic carbocycles. The number of pyridine rings is 1. The summed E-state index contributed by atoms with van der Waals surface area (Å²) in [5, 5.41) is 9.50. The fraction of sp³-hybridized carbons (Fsp3) is 0.273. The molecule has 5 nitrogen and oxygen atoms in total. The van der Waals surface area contributed by atoms with Gasteiger partial charge in [0.25, 0.3) is 0 Å². The van der Waals surface area contributed by atoms with E-state index >= 15 is 0 Å². The lowest BCUT2D eigenvalue weighted by Crippen LogP contribution is -2.38. The highest BCUT2D eigenvalue weighted by atomic mass is 16.6. The molecule has 86 valence electrons. The number of methoxy groups -OCH3 is 2. The Kier molecular flexibility index (Phi) is 3.88. The zero-order valence-corrected chi connectivity index (χ0v) is 9.43. The molecule has 0 radical (unpaired) electrons. The Morgan fingerprint density at radius 2 is 2.06 bits per heavy atom. The Balaban J connectivity index is 3.28. The van der Waals surface area contributed by atoms with E-state index in [-0.39, 0.29) is 5.70 Å². The molecule has 0 spiro atoms. The summed E-state index contributed by atoms with van der Waals surface area (Å²) in [6, 6.07) is 3.62. The number of hydrogen-bond donors (Lipinski definition) is 1. The first-order valence-electron chi connectivity index (χ1n) is 4.64. The highest BCUT2D eigenvalue weighted by Gasteiger charge is 2.28. The predicted molar refractivity (Wildman–Crippen MR) is 56.2 cm³/mol. The molecule has 1 aromatic rings. The van der Waals surface area contributed by atoms with Gasteiger partial charge in [0.2, 0.25) is 0 Å². The fourth-order valence-corrected chi connectivity index (χ4v) is 1.23. The minimum Gasteiger partial charge on any atom is -0.476 e. The second-order valence-corrected chi connectivity index (χ2v) is 3.14. The molecule has 0 aliphatic rings. The van der Waals surface area contributed by atoms with Gasteiger partial charge in [-0.25, -0.2) is 4.79 Å². The third-order valence-electron chi connectivity index (χ3n) is 1.98. The van der Waals surface area contributed by atoms with Crippen molar-refractivity contribution in [1.82, 2.24) is 0 Å². The zero-order chi connectivity index (χ0) is 12.1. The molecule has 1 heterocycles. The number of nitrogens with zero attached hydrogens (tertiary/aromatic N) is 1. The quantitative estimate of drug-likeness (QED) is 0.357. The van der Waals surface area contributed by atoms with Crippen LogP contribution >= 0.6 is 0 Å². The number of rotatable bonds is 3. The molecule has 1 rings (SSSR count). The number of aromatic nitrogens is 1. The summed E-state index contributed by atoms with van der Waals surface area (Å²) >= 11 is 0. The van der Waals surface area contributed by atoms with E-state index in [4.69, 9.17) is 0 Å². The van der Waals surface area contributed by atoms with Crippen molar-refractivity contribution in [2.45, 2.75) is 6.92 Å². The van der Waals surface area contributed by atoms with Crippen LogP contribution in [0.1, 0.15) is 5.56 Å². The van der Waals surface area contributed by atoms with E-state index in [0.29, 0.717) is 0 Å². The Hall–Kier alpha value is -2.04. The lowest BCUT2D eigenvalue weighted by Gasteiger charge is -2.02. The van der Waals surface area contributed by atoms with Gasteiger partial charge in [0.15, 0.2) is 12.4 Å². The largest absolute Gasteiger partial charge is 0.476 e. The third-order valence-corrected chi connectivity index (χ3v) is 1.98. The molecular weight excluding hydrogens is 210 g/mol. The molecule has 0 saturated heterocycles. The number of carbonyl (C=O) groups is 1. The van der Waals surface area contributed by atoms with Gasteiger partial charge >= 0.3 is 17.6 Å². The summed E-state index contributed by atoms with van der Waals surface area (Å²) < 4.78 is 10.7. The fourth-order valence-electron chi connectivity index (χ4n) is 1.23. The Morgan fingerprint density at radius 1 is 1.38 bits per heavy atom. The van der Waals surface area contributed by atoms with Gasteiger partial charge in [0.05, 0.1) is 14.2 Å². The number of aryl methyl sites for hydroxylation is 1. The van der Waals surface area contributed by atoms with Crippen LogP contribution in [0.15, 0.2) is 30.5 Å². The molecule has 0 aliphatic heterocycles. The van der Waals surface area contributed by atoms with Crippen LogP contribution in [0.3, 0.4) is 0 Å². The summed E-state index contributed by atoms with van der Waals surface area (Å²) in [6.45, 7) is 1.87. The summed E-state index contributed by atoms with van der Waals surface area (Å²) in [5.41, 5.74) is 0.876. The van der Waals surface area contributed by atoms with Gasteiger partial charge < -0.3 is 14.6 Å². The average Bonchev–Trinajstić information content (AvgIpc) is 2.29. The lowest BCUT2D eigenvalue weighted by atomic mass is 10.3. The number of hydrogen-bond acceptors (Lipinski definition) is 4. The summed E-state index contributed by atoms with van der Waals surface area (Å²) in [6.07, 6.45) is 3.30. The Bertz CT molecular complexity index is 426. The average molecular weight is 224 g/mol. The van der Waals surface area contributed by atoms with Crippen LogP contribution in [0.4, 0.5) is 0 Å². The monoisotopic (exact) mass is 224 g/mol. The lowest BCUT2D eigenvalue weighted by molar-refractivity contribution is -0.581. The van der Waals surface area contributed by atoms with E-state index in [1.807, 2.05) is 13.0 Å². The van der Waals surface area contributed by atoms with Crippen molar-refractivity contribution in [2.24, 2.45) is 0 Å². The molecule has 0 bridgehead atoms. The topological polar surface area (TPSA) is 59.6 Å². The van der Waals surface area contributed by atoms with Crippen LogP contribution < -0.4 is 4.57 Å². The van der Waals surface area contributed by atoms with E-state index in [1.54, 1.807) is 18.5 Å². The minimum absolute atomic E-state index is 0.0614. The van der Waals surface area contributed by atoms with Crippen molar-refractivity contribution in [3.05, 3.63) is 36.0 Å². The van der Waals surface area contributed by atoms with Crippen molar-refractivity contribution in [3.8, 4) is 0 Å². The number of aliphatic hydroxyl groups excluding tert-OH is 1. The van der Waals surface area contributed by atoms with Gasteiger partial charge in [-0.05, 0) is 13.0 Å². The predicted octanol–water partition coefficient (Wildman–Crippen LogP) is 0.786. The molecule has 16 heavy (non-hydrogen) atoms. The molecular formula is C11H14NO4+. The second kappa shape index (κ2) is 5.16. The summed E-state index contributed by atoms with van der Waals surface area (Å²) in [7, 11) is 2.51. The van der Waals surface area contributed by atoms with Gasteiger partial charge in [-0.2, -0.15) is 4.57 Å². The molecule has 0 amide bonds. The SMILES string of the molecule is COC(=O)/C(=C(\O)OC)[n+]1cccc(C)c1. The van der Waals surface area contributed by atoms with Crippen LogP contribution in [-0.2, 0) is 14.3 Å². The molecule has 0 aromatic carbocycles. The number of ether oxygens (including phenoxy) is 2. The van der Waals surface area contributed by atoms with E-state index < -0.39 is 11.9 Å². The molecule has 0 unspecified atom stereocenters. The Morgan fingerprint density at radius 3 is 2.56 bits per heavy atom. The number of esters is 1. The van der Waals surface area contributed by atoms with Crippen LogP contribution in [0.2, 0.25) is 0 Å². The van der Waals surface area contributed by atoms with Crippen LogP contribution in [0.5, 0.6) is 0 Å². The maximum absolute atomic E-state index is 11.5. The maximum Gasteiger partial charge on any atom is 0.411 e. The normalized spacial score (nSPS) is 11.7. The number of carbonyl (C=O) groups excluding carboxylic acids is 1. The summed E-state index contributed by atoms with van der Waals surface area (Å²) in [5.74, 6) is -1.16. The molecule has 5 heteroatoms. The minimum atomic E-state index is -0.671. The van der Waals surface area contributed by atoms with E-state index in [1.165, 1.54) is 18.8 Å². The third kappa shape index (κ3) is 2.50. The van der Waals surface area contributed by atoms with Gasteiger partial charge in [-0.15, -0.1) is 0 Å². The van der Waals surface area contributed by atoms with E-state index in [2.05, 4.69) is 9.47 Å². The molecule has 0 saturated carbocycles.